The summed E-state index contributed by atoms with van der Waals surface area (Å²) in [5, 5.41) is 13.1. The number of aryl methyl sites for hydroxylation is 1. The Morgan fingerprint density at radius 3 is 2.43 bits per heavy atom. The molecule has 0 spiro atoms. The lowest BCUT2D eigenvalue weighted by Crippen LogP contribution is -2.27. The summed E-state index contributed by atoms with van der Waals surface area (Å²) >= 11 is 0. The third-order valence-electron chi connectivity index (χ3n) is 3.91. The average molecular weight is 379 g/mol. The van der Waals surface area contributed by atoms with Crippen molar-refractivity contribution in [1.82, 2.24) is 24.6 Å². The Balaban J connectivity index is 1.65. The molecule has 3 aromatic rings. The molecule has 2 heterocycles. The molecule has 144 valence electrons. The number of hydrogen-bond donors (Lipinski definition) is 2. The minimum Gasteiger partial charge on any atom is -0.325 e. The Labute approximate surface area is 162 Å². The monoisotopic (exact) mass is 379 g/mol. The smallest absolute Gasteiger partial charge is 0.257 e. The van der Waals surface area contributed by atoms with Crippen LogP contribution in [0, 0.1) is 6.92 Å². The molecule has 0 radical (unpaired) electrons. The number of pyridine rings is 1. The SMILES string of the molecule is Cc1cc(NC(=O)c2ccc(-n3cnnc3)nc2)ccc1NC(=O)CN(C)C. The first-order chi connectivity index (χ1) is 13.4. The second-order valence-corrected chi connectivity index (χ2v) is 6.54. The van der Waals surface area contributed by atoms with E-state index in [1.165, 1.54) is 18.9 Å². The zero-order chi connectivity index (χ0) is 20.1. The molecule has 2 aromatic heterocycles. The normalized spacial score (nSPS) is 10.7. The topological polar surface area (TPSA) is 105 Å². The van der Waals surface area contributed by atoms with Gasteiger partial charge in [0.15, 0.2) is 0 Å². The Morgan fingerprint density at radius 1 is 1.07 bits per heavy atom. The van der Waals surface area contributed by atoms with Gasteiger partial charge in [0, 0.05) is 17.6 Å². The average Bonchev–Trinajstić information content (AvgIpc) is 3.18. The molecule has 9 heteroatoms. The van der Waals surface area contributed by atoms with E-state index in [0.717, 1.165) is 5.56 Å². The van der Waals surface area contributed by atoms with Crippen LogP contribution in [0.3, 0.4) is 0 Å². The van der Waals surface area contributed by atoms with Crippen molar-refractivity contribution in [2.45, 2.75) is 6.92 Å². The summed E-state index contributed by atoms with van der Waals surface area (Å²) in [5.74, 6) is 0.256. The molecule has 1 aromatic carbocycles. The maximum Gasteiger partial charge on any atom is 0.257 e. The zero-order valence-corrected chi connectivity index (χ0v) is 15.9. The van der Waals surface area contributed by atoms with Crippen molar-refractivity contribution in [1.29, 1.82) is 0 Å². The third kappa shape index (κ3) is 4.77. The molecule has 2 N–H and O–H groups in total. The van der Waals surface area contributed by atoms with Crippen LogP contribution in [0.5, 0.6) is 0 Å². The molecular formula is C19H21N7O2. The van der Waals surface area contributed by atoms with Crippen LogP contribution in [0.15, 0.2) is 49.2 Å². The highest BCUT2D eigenvalue weighted by molar-refractivity contribution is 6.04. The Hall–Kier alpha value is -3.59. The summed E-state index contributed by atoms with van der Waals surface area (Å²) < 4.78 is 1.65. The summed E-state index contributed by atoms with van der Waals surface area (Å²) in [4.78, 5) is 30.4. The van der Waals surface area contributed by atoms with Crippen molar-refractivity contribution in [3.63, 3.8) is 0 Å². The second kappa shape index (κ2) is 8.40. The van der Waals surface area contributed by atoms with E-state index in [-0.39, 0.29) is 11.8 Å². The van der Waals surface area contributed by atoms with Crippen LogP contribution in [0.4, 0.5) is 11.4 Å². The van der Waals surface area contributed by atoms with Crippen molar-refractivity contribution in [3.05, 3.63) is 60.3 Å². The summed E-state index contributed by atoms with van der Waals surface area (Å²) in [5.41, 5.74) is 2.63. The second-order valence-electron chi connectivity index (χ2n) is 6.54. The number of hydrogen-bond acceptors (Lipinski definition) is 6. The maximum atomic E-state index is 12.4. The Morgan fingerprint density at radius 2 is 1.82 bits per heavy atom. The van der Waals surface area contributed by atoms with Crippen molar-refractivity contribution in [2.75, 3.05) is 31.3 Å². The first kappa shape index (κ1) is 19.2. The molecule has 0 aliphatic carbocycles. The Kier molecular flexibility index (Phi) is 5.75. The molecule has 9 nitrogen and oxygen atoms in total. The molecule has 28 heavy (non-hydrogen) atoms. The quantitative estimate of drug-likeness (QED) is 0.676. The van der Waals surface area contributed by atoms with Crippen molar-refractivity contribution in [2.24, 2.45) is 0 Å². The van der Waals surface area contributed by atoms with Crippen LogP contribution >= 0.6 is 0 Å². The van der Waals surface area contributed by atoms with Gasteiger partial charge in [-0.1, -0.05) is 0 Å². The van der Waals surface area contributed by atoms with Crippen molar-refractivity contribution in [3.8, 4) is 5.82 Å². The van der Waals surface area contributed by atoms with Gasteiger partial charge in [-0.25, -0.2) is 4.98 Å². The molecule has 3 rings (SSSR count). The maximum absolute atomic E-state index is 12.4. The van der Waals surface area contributed by atoms with Gasteiger partial charge >= 0.3 is 0 Å². The number of amides is 2. The third-order valence-corrected chi connectivity index (χ3v) is 3.91. The highest BCUT2D eigenvalue weighted by Gasteiger charge is 2.10. The molecule has 0 aliphatic rings. The van der Waals surface area contributed by atoms with Gasteiger partial charge in [-0.05, 0) is 56.9 Å². The predicted molar refractivity (Wildman–Crippen MR) is 105 cm³/mol. The lowest BCUT2D eigenvalue weighted by molar-refractivity contribution is -0.116. The number of rotatable bonds is 6. The van der Waals surface area contributed by atoms with Gasteiger partial charge in [-0.3, -0.25) is 14.2 Å². The van der Waals surface area contributed by atoms with E-state index in [1.54, 1.807) is 33.7 Å². The molecule has 0 saturated heterocycles. The van der Waals surface area contributed by atoms with Crippen LogP contribution in [-0.2, 0) is 4.79 Å². The van der Waals surface area contributed by atoms with Gasteiger partial charge in [0.05, 0.1) is 12.1 Å². The number of benzene rings is 1. The summed E-state index contributed by atoms with van der Waals surface area (Å²) in [7, 11) is 3.66. The first-order valence-electron chi connectivity index (χ1n) is 8.60. The highest BCUT2D eigenvalue weighted by atomic mass is 16.2. The van der Waals surface area contributed by atoms with E-state index >= 15 is 0 Å². The van der Waals surface area contributed by atoms with E-state index in [2.05, 4.69) is 25.8 Å². The van der Waals surface area contributed by atoms with Crippen molar-refractivity contribution < 1.29 is 9.59 Å². The number of carbonyl (C=O) groups is 2. The summed E-state index contributed by atoms with van der Waals surface area (Å²) in [6, 6.07) is 8.72. The minimum absolute atomic E-state index is 0.0934. The largest absolute Gasteiger partial charge is 0.325 e. The van der Waals surface area contributed by atoms with Crippen LogP contribution in [0.2, 0.25) is 0 Å². The fourth-order valence-electron chi connectivity index (χ4n) is 2.55. The van der Waals surface area contributed by atoms with E-state index in [1.807, 2.05) is 27.1 Å². The number of carbonyl (C=O) groups excluding carboxylic acids is 2. The predicted octanol–water partition coefficient (Wildman–Crippen LogP) is 1.72. The van der Waals surface area contributed by atoms with Gasteiger partial charge in [0.1, 0.15) is 18.5 Å². The van der Waals surface area contributed by atoms with Crippen LogP contribution in [0.1, 0.15) is 15.9 Å². The molecule has 0 atom stereocenters. The molecule has 0 unspecified atom stereocenters. The number of anilines is 2. The summed E-state index contributed by atoms with van der Waals surface area (Å²) in [6.45, 7) is 2.17. The molecule has 0 saturated carbocycles. The number of nitrogens with one attached hydrogen (secondary N) is 2. The van der Waals surface area contributed by atoms with E-state index in [9.17, 15) is 9.59 Å². The minimum atomic E-state index is -0.272. The van der Waals surface area contributed by atoms with Crippen LogP contribution in [0.25, 0.3) is 5.82 Å². The van der Waals surface area contributed by atoms with Gasteiger partial charge < -0.3 is 15.5 Å². The van der Waals surface area contributed by atoms with E-state index < -0.39 is 0 Å². The molecule has 0 bridgehead atoms. The van der Waals surface area contributed by atoms with Gasteiger partial charge in [0.25, 0.3) is 5.91 Å². The fraction of sp³-hybridized carbons (Fsp3) is 0.211. The van der Waals surface area contributed by atoms with Gasteiger partial charge in [0.2, 0.25) is 5.91 Å². The first-order valence-corrected chi connectivity index (χ1v) is 8.60. The number of likely N-dealkylation sites (N-methyl/N-ethyl adjacent to an activating group) is 1. The van der Waals surface area contributed by atoms with E-state index in [0.29, 0.717) is 29.3 Å². The molecule has 2 amide bonds. The number of aromatic nitrogens is 4. The van der Waals surface area contributed by atoms with Gasteiger partial charge in [-0.2, -0.15) is 0 Å². The van der Waals surface area contributed by atoms with Crippen molar-refractivity contribution >= 4 is 23.2 Å². The van der Waals surface area contributed by atoms with Crippen LogP contribution < -0.4 is 10.6 Å². The Bertz CT molecular complexity index is 966. The molecule has 0 aliphatic heterocycles. The van der Waals surface area contributed by atoms with Crippen LogP contribution in [-0.4, -0.2) is 57.1 Å². The van der Waals surface area contributed by atoms with Gasteiger partial charge in [-0.15, -0.1) is 10.2 Å². The molecular weight excluding hydrogens is 358 g/mol. The highest BCUT2D eigenvalue weighted by Crippen LogP contribution is 2.20. The summed E-state index contributed by atoms with van der Waals surface area (Å²) in [6.07, 6.45) is 4.56. The molecule has 0 fully saturated rings. The van der Waals surface area contributed by atoms with E-state index in [4.69, 9.17) is 0 Å². The fourth-order valence-corrected chi connectivity index (χ4v) is 2.55. The lowest BCUT2D eigenvalue weighted by atomic mass is 10.1. The lowest BCUT2D eigenvalue weighted by Gasteiger charge is -2.13. The standard InChI is InChI=1S/C19H21N7O2/c1-13-8-15(5-6-16(13)24-18(27)10-25(2)3)23-19(28)14-4-7-17(20-9-14)26-11-21-22-12-26/h4-9,11-12H,10H2,1-3H3,(H,23,28)(H,24,27). The number of nitrogens with zero attached hydrogens (tertiary/aromatic N) is 5. The zero-order valence-electron chi connectivity index (χ0n) is 15.9.